The minimum absolute atomic E-state index is 0.677. The van der Waals surface area contributed by atoms with Crippen LogP contribution in [0.4, 0.5) is 0 Å². The van der Waals surface area contributed by atoms with E-state index in [-0.39, 0.29) is 0 Å². The lowest BCUT2D eigenvalue weighted by atomic mass is 10.2. The SMILES string of the molecule is [CH2]Cc1cncc(Cl)c1. The summed E-state index contributed by atoms with van der Waals surface area (Å²) in [6.07, 6.45) is 4.12. The van der Waals surface area contributed by atoms with Crippen LogP contribution in [0.15, 0.2) is 18.5 Å². The average molecular weight is 141 g/mol. The monoisotopic (exact) mass is 140 g/mol. The molecule has 2 heteroatoms. The number of rotatable bonds is 1. The zero-order chi connectivity index (χ0) is 6.69. The maximum Gasteiger partial charge on any atom is 0.0592 e. The summed E-state index contributed by atoms with van der Waals surface area (Å²) in [6, 6.07) is 1.86. The molecule has 0 spiro atoms. The molecule has 0 bridgehead atoms. The van der Waals surface area contributed by atoms with Gasteiger partial charge < -0.3 is 0 Å². The number of hydrogen-bond donors (Lipinski definition) is 0. The Morgan fingerprint density at radius 1 is 1.56 bits per heavy atom. The quantitative estimate of drug-likeness (QED) is 0.582. The Kier molecular flexibility index (Phi) is 2.06. The van der Waals surface area contributed by atoms with Gasteiger partial charge in [-0.3, -0.25) is 4.98 Å². The van der Waals surface area contributed by atoms with Gasteiger partial charge in [0, 0.05) is 12.4 Å². The topological polar surface area (TPSA) is 12.9 Å². The molecule has 0 aliphatic heterocycles. The Bertz CT molecular complexity index is 198. The van der Waals surface area contributed by atoms with E-state index in [1.807, 2.05) is 6.07 Å². The Labute approximate surface area is 59.7 Å². The molecule has 47 valence electrons. The van der Waals surface area contributed by atoms with Crippen molar-refractivity contribution in [2.24, 2.45) is 0 Å². The van der Waals surface area contributed by atoms with Crippen molar-refractivity contribution in [3.63, 3.8) is 0 Å². The van der Waals surface area contributed by atoms with Crippen LogP contribution in [-0.4, -0.2) is 4.98 Å². The van der Waals surface area contributed by atoms with Crippen molar-refractivity contribution < 1.29 is 0 Å². The molecule has 0 aliphatic rings. The van der Waals surface area contributed by atoms with Crippen LogP contribution in [0.5, 0.6) is 0 Å². The molecule has 1 radical (unpaired) electrons. The minimum atomic E-state index is 0.677. The molecule has 0 saturated heterocycles. The van der Waals surface area contributed by atoms with Crippen LogP contribution < -0.4 is 0 Å². The predicted octanol–water partition coefficient (Wildman–Crippen LogP) is 2.11. The first-order chi connectivity index (χ1) is 4.33. The Hall–Kier alpha value is -0.560. The third-order valence-corrected chi connectivity index (χ3v) is 1.26. The van der Waals surface area contributed by atoms with Gasteiger partial charge in [-0.1, -0.05) is 11.6 Å². The van der Waals surface area contributed by atoms with Gasteiger partial charge in [-0.25, -0.2) is 0 Å². The van der Waals surface area contributed by atoms with Gasteiger partial charge in [0.2, 0.25) is 0 Å². The van der Waals surface area contributed by atoms with E-state index in [2.05, 4.69) is 11.9 Å². The van der Waals surface area contributed by atoms with E-state index < -0.39 is 0 Å². The van der Waals surface area contributed by atoms with Crippen molar-refractivity contribution >= 4 is 11.6 Å². The average Bonchev–Trinajstić information content (AvgIpc) is 1.88. The smallest absolute Gasteiger partial charge is 0.0592 e. The first-order valence-corrected chi connectivity index (χ1v) is 3.09. The van der Waals surface area contributed by atoms with Gasteiger partial charge in [-0.15, -0.1) is 0 Å². The zero-order valence-corrected chi connectivity index (χ0v) is 5.73. The number of pyridine rings is 1. The highest BCUT2D eigenvalue weighted by atomic mass is 35.5. The molecule has 1 rings (SSSR count). The highest BCUT2D eigenvalue weighted by molar-refractivity contribution is 6.30. The van der Waals surface area contributed by atoms with E-state index in [1.54, 1.807) is 12.4 Å². The van der Waals surface area contributed by atoms with Crippen molar-refractivity contribution in [1.29, 1.82) is 0 Å². The third-order valence-electron chi connectivity index (χ3n) is 1.05. The minimum Gasteiger partial charge on any atom is -0.263 e. The molecule has 0 aliphatic carbocycles. The van der Waals surface area contributed by atoms with Crippen molar-refractivity contribution in [3.8, 4) is 0 Å². The Morgan fingerprint density at radius 2 is 2.33 bits per heavy atom. The van der Waals surface area contributed by atoms with Gasteiger partial charge in [0.25, 0.3) is 0 Å². The second-order valence-electron chi connectivity index (χ2n) is 1.76. The molecular formula is C7H7ClN. The summed E-state index contributed by atoms with van der Waals surface area (Å²) in [6.45, 7) is 3.70. The van der Waals surface area contributed by atoms with Crippen LogP contribution in [0, 0.1) is 6.92 Å². The van der Waals surface area contributed by atoms with Crippen molar-refractivity contribution in [2.45, 2.75) is 6.42 Å². The van der Waals surface area contributed by atoms with Crippen molar-refractivity contribution in [1.82, 2.24) is 4.98 Å². The van der Waals surface area contributed by atoms with Crippen LogP contribution >= 0.6 is 11.6 Å². The fraction of sp³-hybridized carbons (Fsp3) is 0.143. The predicted molar refractivity (Wildman–Crippen MR) is 38.3 cm³/mol. The van der Waals surface area contributed by atoms with Crippen LogP contribution in [-0.2, 0) is 6.42 Å². The maximum absolute atomic E-state index is 5.63. The molecule has 9 heavy (non-hydrogen) atoms. The molecule has 0 atom stereocenters. The lowest BCUT2D eigenvalue weighted by molar-refractivity contribution is 1.19. The third kappa shape index (κ3) is 1.68. The van der Waals surface area contributed by atoms with E-state index in [0.29, 0.717) is 5.02 Å². The number of halogens is 1. The van der Waals surface area contributed by atoms with E-state index in [9.17, 15) is 0 Å². The highest BCUT2D eigenvalue weighted by Crippen LogP contribution is 2.07. The lowest BCUT2D eigenvalue weighted by Crippen LogP contribution is -1.80. The summed E-state index contributed by atoms with van der Waals surface area (Å²) in [7, 11) is 0. The van der Waals surface area contributed by atoms with Gasteiger partial charge in [0.1, 0.15) is 0 Å². The van der Waals surface area contributed by atoms with Crippen LogP contribution in [0.25, 0.3) is 0 Å². The summed E-state index contributed by atoms with van der Waals surface area (Å²) in [5.74, 6) is 0. The summed E-state index contributed by atoms with van der Waals surface area (Å²) in [4.78, 5) is 3.88. The fourth-order valence-corrected chi connectivity index (χ4v) is 0.789. The maximum atomic E-state index is 5.63. The number of hydrogen-bond acceptors (Lipinski definition) is 1. The fourth-order valence-electron chi connectivity index (χ4n) is 0.593. The molecular weight excluding hydrogens is 134 g/mol. The molecule has 0 aromatic carbocycles. The largest absolute Gasteiger partial charge is 0.263 e. The second-order valence-corrected chi connectivity index (χ2v) is 2.20. The van der Waals surface area contributed by atoms with E-state index in [0.717, 1.165) is 12.0 Å². The van der Waals surface area contributed by atoms with Crippen molar-refractivity contribution in [3.05, 3.63) is 36.0 Å². The molecule has 0 unspecified atom stereocenters. The van der Waals surface area contributed by atoms with Gasteiger partial charge in [-0.2, -0.15) is 0 Å². The summed E-state index contributed by atoms with van der Waals surface area (Å²) in [5.41, 5.74) is 1.07. The summed E-state index contributed by atoms with van der Waals surface area (Å²) in [5, 5.41) is 0.677. The van der Waals surface area contributed by atoms with E-state index in [1.165, 1.54) is 0 Å². The molecule has 1 aromatic rings. The van der Waals surface area contributed by atoms with Gasteiger partial charge in [-0.05, 0) is 25.0 Å². The van der Waals surface area contributed by atoms with E-state index in [4.69, 9.17) is 11.6 Å². The van der Waals surface area contributed by atoms with Crippen molar-refractivity contribution in [2.75, 3.05) is 0 Å². The summed E-state index contributed by atoms with van der Waals surface area (Å²) < 4.78 is 0. The molecule has 0 N–H and O–H groups in total. The van der Waals surface area contributed by atoms with Gasteiger partial charge >= 0.3 is 0 Å². The van der Waals surface area contributed by atoms with Crippen LogP contribution in [0.3, 0.4) is 0 Å². The van der Waals surface area contributed by atoms with Crippen LogP contribution in [0.1, 0.15) is 5.56 Å². The molecule has 0 saturated carbocycles. The van der Waals surface area contributed by atoms with E-state index >= 15 is 0 Å². The number of aromatic nitrogens is 1. The van der Waals surface area contributed by atoms with Gasteiger partial charge in [0.15, 0.2) is 0 Å². The van der Waals surface area contributed by atoms with Gasteiger partial charge in [0.05, 0.1) is 5.02 Å². The first kappa shape index (κ1) is 6.56. The summed E-state index contributed by atoms with van der Waals surface area (Å²) >= 11 is 5.63. The molecule has 0 amide bonds. The molecule has 0 fully saturated rings. The number of nitrogens with zero attached hydrogens (tertiary/aromatic N) is 1. The first-order valence-electron chi connectivity index (χ1n) is 2.71. The Balaban J connectivity index is 2.94. The standard InChI is InChI=1S/C7H7ClN/c1-2-6-3-7(8)5-9-4-6/h3-5H,1-2H2. The second kappa shape index (κ2) is 2.83. The molecule has 1 nitrogen and oxygen atoms in total. The zero-order valence-electron chi connectivity index (χ0n) is 4.97. The normalized spacial score (nSPS) is 9.56. The molecule has 1 aromatic heterocycles. The highest BCUT2D eigenvalue weighted by Gasteiger charge is 1.88. The Morgan fingerprint density at radius 3 is 2.78 bits per heavy atom. The van der Waals surface area contributed by atoms with Crippen LogP contribution in [0.2, 0.25) is 5.02 Å². The lowest BCUT2D eigenvalue weighted by Gasteiger charge is -1.92. The molecule has 1 heterocycles.